The average Bonchev–Trinajstić information content (AvgIpc) is 2.69. The lowest BCUT2D eigenvalue weighted by molar-refractivity contribution is -0.127. The van der Waals surface area contributed by atoms with Crippen molar-refractivity contribution in [2.24, 2.45) is 0 Å². The number of aromatic nitrogens is 3. The highest BCUT2D eigenvalue weighted by atomic mass is 32.2. The van der Waals surface area contributed by atoms with Crippen LogP contribution in [0.4, 0.5) is 17.6 Å². The maximum absolute atomic E-state index is 12.3. The molecule has 1 amide bonds. The molecule has 0 radical (unpaired) electrons. The van der Waals surface area contributed by atoms with Crippen molar-refractivity contribution in [3.05, 3.63) is 72.1 Å². The Bertz CT molecular complexity index is 907. The Hall–Kier alpha value is -3.13. The summed E-state index contributed by atoms with van der Waals surface area (Å²) in [7, 11) is 1.80. The highest BCUT2D eigenvalue weighted by Crippen LogP contribution is 2.16. The van der Waals surface area contributed by atoms with Crippen LogP contribution in [-0.2, 0) is 17.1 Å². The van der Waals surface area contributed by atoms with Gasteiger partial charge in [-0.2, -0.15) is 15.0 Å². The highest BCUT2D eigenvalue weighted by molar-refractivity contribution is 7.99. The van der Waals surface area contributed by atoms with Gasteiger partial charge in [0, 0.05) is 19.3 Å². The SMILES string of the molecule is CN(Cc1ccccc1)C(=O)CSCc1nc(N)nc(Nc2ccccc2)n1. The molecule has 3 N–H and O–H groups in total. The predicted molar refractivity (Wildman–Crippen MR) is 113 cm³/mol. The Labute approximate surface area is 168 Å². The van der Waals surface area contributed by atoms with E-state index in [9.17, 15) is 4.79 Å². The zero-order valence-electron chi connectivity index (χ0n) is 15.6. The summed E-state index contributed by atoms with van der Waals surface area (Å²) in [6, 6.07) is 19.5. The molecule has 3 aromatic rings. The first-order valence-electron chi connectivity index (χ1n) is 8.78. The topological polar surface area (TPSA) is 97.0 Å². The van der Waals surface area contributed by atoms with E-state index in [1.54, 1.807) is 11.9 Å². The molecule has 0 bridgehead atoms. The van der Waals surface area contributed by atoms with Crippen molar-refractivity contribution in [2.45, 2.75) is 12.3 Å². The van der Waals surface area contributed by atoms with Crippen LogP contribution in [0.15, 0.2) is 60.7 Å². The van der Waals surface area contributed by atoms with Crippen LogP contribution in [0.25, 0.3) is 0 Å². The number of carbonyl (C=O) groups is 1. The lowest BCUT2D eigenvalue weighted by Crippen LogP contribution is -2.27. The number of thioether (sulfide) groups is 1. The number of para-hydroxylation sites is 1. The fourth-order valence-corrected chi connectivity index (χ4v) is 3.30. The molecule has 1 heterocycles. The van der Waals surface area contributed by atoms with Crippen molar-refractivity contribution in [1.82, 2.24) is 19.9 Å². The first kappa shape index (κ1) is 19.6. The third-order valence-electron chi connectivity index (χ3n) is 3.87. The van der Waals surface area contributed by atoms with Crippen LogP contribution >= 0.6 is 11.8 Å². The van der Waals surface area contributed by atoms with Crippen molar-refractivity contribution in [3.63, 3.8) is 0 Å². The van der Waals surface area contributed by atoms with Crippen molar-refractivity contribution in [3.8, 4) is 0 Å². The van der Waals surface area contributed by atoms with Crippen LogP contribution in [-0.4, -0.2) is 38.6 Å². The summed E-state index contributed by atoms with van der Waals surface area (Å²) < 4.78 is 0. The van der Waals surface area contributed by atoms with Crippen LogP contribution in [0.5, 0.6) is 0 Å². The van der Waals surface area contributed by atoms with Crippen molar-refractivity contribution >= 4 is 35.3 Å². The standard InChI is InChI=1S/C20H22N6OS/c1-26(12-15-8-4-2-5-9-15)18(27)14-28-13-17-23-19(21)25-20(24-17)22-16-10-6-3-7-11-16/h2-11H,12-14H2,1H3,(H3,21,22,23,24,25). The average molecular weight is 395 g/mol. The van der Waals surface area contributed by atoms with Gasteiger partial charge in [-0.05, 0) is 17.7 Å². The summed E-state index contributed by atoms with van der Waals surface area (Å²) in [6.45, 7) is 0.587. The van der Waals surface area contributed by atoms with Gasteiger partial charge < -0.3 is 16.0 Å². The van der Waals surface area contributed by atoms with Crippen LogP contribution in [0.2, 0.25) is 0 Å². The molecule has 0 saturated heterocycles. The number of benzene rings is 2. The molecule has 1 aromatic heterocycles. The molecule has 2 aromatic carbocycles. The minimum atomic E-state index is 0.0542. The Kier molecular flexibility index (Phi) is 6.80. The predicted octanol–water partition coefficient (Wildman–Crippen LogP) is 3.09. The van der Waals surface area contributed by atoms with Gasteiger partial charge in [0.25, 0.3) is 0 Å². The van der Waals surface area contributed by atoms with Gasteiger partial charge in [-0.25, -0.2) is 0 Å². The monoisotopic (exact) mass is 394 g/mol. The van der Waals surface area contributed by atoms with Gasteiger partial charge in [-0.3, -0.25) is 4.79 Å². The van der Waals surface area contributed by atoms with Crippen molar-refractivity contribution < 1.29 is 4.79 Å². The first-order valence-corrected chi connectivity index (χ1v) is 9.94. The first-order chi connectivity index (χ1) is 13.6. The van der Waals surface area contributed by atoms with E-state index in [1.165, 1.54) is 11.8 Å². The van der Waals surface area contributed by atoms with Crippen molar-refractivity contribution in [1.29, 1.82) is 0 Å². The largest absolute Gasteiger partial charge is 0.368 e. The molecular weight excluding hydrogens is 372 g/mol. The third-order valence-corrected chi connectivity index (χ3v) is 4.79. The fourth-order valence-electron chi connectivity index (χ4n) is 2.49. The van der Waals surface area contributed by atoms with Gasteiger partial charge in [0.2, 0.25) is 17.8 Å². The van der Waals surface area contributed by atoms with Crippen molar-refractivity contribution in [2.75, 3.05) is 23.9 Å². The molecule has 0 aliphatic carbocycles. The van der Waals surface area contributed by atoms with Crippen LogP contribution in [0.3, 0.4) is 0 Å². The van der Waals surface area contributed by atoms with E-state index in [0.29, 0.717) is 29.8 Å². The van der Waals surface area contributed by atoms with Gasteiger partial charge in [0.1, 0.15) is 5.82 Å². The number of hydrogen-bond donors (Lipinski definition) is 2. The smallest absolute Gasteiger partial charge is 0.232 e. The van der Waals surface area contributed by atoms with Crippen LogP contribution in [0, 0.1) is 0 Å². The summed E-state index contributed by atoms with van der Waals surface area (Å²) in [5.74, 6) is 1.95. The number of nitrogens with two attached hydrogens (primary N) is 1. The number of nitrogens with zero attached hydrogens (tertiary/aromatic N) is 4. The van der Waals surface area contributed by atoms with Gasteiger partial charge >= 0.3 is 0 Å². The lowest BCUT2D eigenvalue weighted by Gasteiger charge is -2.17. The Morgan fingerprint density at radius 3 is 2.43 bits per heavy atom. The summed E-state index contributed by atoms with van der Waals surface area (Å²) in [4.78, 5) is 26.7. The molecule has 28 heavy (non-hydrogen) atoms. The second-order valence-corrected chi connectivity index (χ2v) is 7.14. The number of carbonyl (C=O) groups excluding carboxylic acids is 1. The number of rotatable bonds is 8. The molecule has 0 unspecified atom stereocenters. The molecule has 0 saturated carbocycles. The third kappa shape index (κ3) is 5.95. The Morgan fingerprint density at radius 1 is 1.04 bits per heavy atom. The number of nitrogen functional groups attached to an aromatic ring is 1. The summed E-state index contributed by atoms with van der Waals surface area (Å²) in [5.41, 5.74) is 7.76. The molecule has 0 fully saturated rings. The number of anilines is 3. The highest BCUT2D eigenvalue weighted by Gasteiger charge is 2.11. The molecule has 8 heteroatoms. The quantitative estimate of drug-likeness (QED) is 0.606. The summed E-state index contributed by atoms with van der Waals surface area (Å²) >= 11 is 1.45. The van der Waals surface area contributed by atoms with Crippen LogP contribution in [0.1, 0.15) is 11.4 Å². The fraction of sp³-hybridized carbons (Fsp3) is 0.200. The van der Waals surface area contributed by atoms with E-state index in [1.807, 2.05) is 60.7 Å². The zero-order chi connectivity index (χ0) is 19.8. The van der Waals surface area contributed by atoms with Gasteiger partial charge in [0.15, 0.2) is 0 Å². The normalized spacial score (nSPS) is 10.5. The van der Waals surface area contributed by atoms with E-state index in [2.05, 4.69) is 20.3 Å². The maximum atomic E-state index is 12.3. The Balaban J connectivity index is 1.52. The van der Waals surface area contributed by atoms with Crippen LogP contribution < -0.4 is 11.1 Å². The summed E-state index contributed by atoms with van der Waals surface area (Å²) in [5, 5.41) is 3.10. The molecule has 0 spiro atoms. The second-order valence-electron chi connectivity index (χ2n) is 6.15. The molecule has 0 atom stereocenters. The van der Waals surface area contributed by atoms with E-state index in [0.717, 1.165) is 11.3 Å². The second kappa shape index (κ2) is 9.70. The maximum Gasteiger partial charge on any atom is 0.232 e. The molecule has 0 aliphatic heterocycles. The van der Waals surface area contributed by atoms with E-state index >= 15 is 0 Å². The Morgan fingerprint density at radius 2 is 1.71 bits per heavy atom. The van der Waals surface area contributed by atoms with E-state index in [-0.39, 0.29) is 11.9 Å². The number of amides is 1. The molecule has 144 valence electrons. The van der Waals surface area contributed by atoms with E-state index in [4.69, 9.17) is 5.73 Å². The summed E-state index contributed by atoms with van der Waals surface area (Å²) in [6.07, 6.45) is 0. The molecule has 0 aliphatic rings. The van der Waals surface area contributed by atoms with Gasteiger partial charge in [-0.1, -0.05) is 48.5 Å². The molecule has 3 rings (SSSR count). The van der Waals surface area contributed by atoms with Gasteiger partial charge in [-0.15, -0.1) is 11.8 Å². The van der Waals surface area contributed by atoms with Gasteiger partial charge in [0.05, 0.1) is 11.5 Å². The minimum Gasteiger partial charge on any atom is -0.368 e. The zero-order valence-corrected chi connectivity index (χ0v) is 16.4. The number of nitrogens with one attached hydrogen (secondary N) is 1. The lowest BCUT2D eigenvalue weighted by atomic mass is 10.2. The molecular formula is C20H22N6OS. The minimum absolute atomic E-state index is 0.0542. The molecule has 7 nitrogen and oxygen atoms in total. The van der Waals surface area contributed by atoms with E-state index < -0.39 is 0 Å². The number of hydrogen-bond acceptors (Lipinski definition) is 7.